The Bertz CT molecular complexity index is 701. The predicted octanol–water partition coefficient (Wildman–Crippen LogP) is 4.32. The Morgan fingerprint density at radius 3 is 2.45 bits per heavy atom. The highest BCUT2D eigenvalue weighted by atomic mass is 35.5. The van der Waals surface area contributed by atoms with Gasteiger partial charge in [0.1, 0.15) is 4.34 Å². The molecule has 2 aromatic rings. The minimum Gasteiger partial charge on any atom is -0.293 e. The van der Waals surface area contributed by atoms with Crippen molar-refractivity contribution >= 4 is 51.1 Å². The van der Waals surface area contributed by atoms with E-state index in [-0.39, 0.29) is 20.5 Å². The summed E-state index contributed by atoms with van der Waals surface area (Å²) in [6.07, 6.45) is 0. The summed E-state index contributed by atoms with van der Waals surface area (Å²) in [4.78, 5) is 12.0. The van der Waals surface area contributed by atoms with Crippen LogP contribution < -0.4 is 0 Å². The fraction of sp³-hybridized carbons (Fsp3) is 0.0833. The lowest BCUT2D eigenvalue weighted by atomic mass is 10.2. The number of Topliss-reactive ketones (excluding diaryl/α,β-unsaturated/α-hetero) is 1. The van der Waals surface area contributed by atoms with Crippen LogP contribution in [0.5, 0.6) is 0 Å². The third kappa shape index (κ3) is 3.44. The van der Waals surface area contributed by atoms with E-state index in [4.69, 9.17) is 23.2 Å². The van der Waals surface area contributed by atoms with Gasteiger partial charge in [-0.15, -0.1) is 11.3 Å². The van der Waals surface area contributed by atoms with Crippen molar-refractivity contribution in [2.45, 2.75) is 4.90 Å². The molecule has 2 rings (SSSR count). The Hall–Kier alpha value is -0.820. The second-order valence-corrected chi connectivity index (χ2v) is 7.46. The molecule has 0 fully saturated rings. The summed E-state index contributed by atoms with van der Waals surface area (Å²) in [5.74, 6) is -3.00. The highest BCUT2D eigenvalue weighted by Crippen LogP contribution is 2.31. The van der Waals surface area contributed by atoms with Gasteiger partial charge in [0.25, 0.3) is 0 Å². The van der Waals surface area contributed by atoms with Crippen LogP contribution in [0.2, 0.25) is 8.67 Å². The van der Waals surface area contributed by atoms with Gasteiger partial charge in [0, 0.05) is 10.5 Å². The Balaban J connectivity index is 2.17. The minimum absolute atomic E-state index is 0.0368. The van der Waals surface area contributed by atoms with E-state index in [9.17, 15) is 17.8 Å². The molecule has 0 aliphatic carbocycles. The van der Waals surface area contributed by atoms with Crippen LogP contribution in [0.3, 0.4) is 0 Å². The topological polar surface area (TPSA) is 34.1 Å². The van der Waals surface area contributed by atoms with Crippen molar-refractivity contribution in [1.29, 1.82) is 0 Å². The molecule has 0 aliphatic heterocycles. The molecule has 0 saturated heterocycles. The minimum atomic E-state index is -1.78. The van der Waals surface area contributed by atoms with Crippen LogP contribution in [-0.4, -0.2) is 15.7 Å². The van der Waals surface area contributed by atoms with Gasteiger partial charge in [0.15, 0.2) is 17.4 Å². The molecule has 0 spiro atoms. The van der Waals surface area contributed by atoms with Gasteiger partial charge in [-0.2, -0.15) is 0 Å². The van der Waals surface area contributed by atoms with E-state index in [1.807, 2.05) is 0 Å². The van der Waals surface area contributed by atoms with Crippen molar-refractivity contribution in [3.05, 3.63) is 50.1 Å². The molecule has 8 heteroatoms. The summed E-state index contributed by atoms with van der Waals surface area (Å²) < 4.78 is 38.3. The molecule has 0 aliphatic rings. The first-order valence-corrected chi connectivity index (χ1v) is 8.09. The van der Waals surface area contributed by atoms with Crippen LogP contribution in [0.25, 0.3) is 0 Å². The molecule has 0 saturated carbocycles. The van der Waals surface area contributed by atoms with Crippen LogP contribution in [0.15, 0.2) is 29.2 Å². The predicted molar refractivity (Wildman–Crippen MR) is 76.3 cm³/mol. The lowest BCUT2D eigenvalue weighted by Gasteiger charge is -2.02. The Labute approximate surface area is 129 Å². The first kappa shape index (κ1) is 15.6. The van der Waals surface area contributed by atoms with E-state index >= 15 is 0 Å². The van der Waals surface area contributed by atoms with Crippen molar-refractivity contribution in [3.8, 4) is 0 Å². The molecule has 1 aromatic heterocycles. The SMILES string of the molecule is O=C(CS(=O)c1ccc(F)c(F)c1)c1cc(Cl)sc1Cl. The molecule has 20 heavy (non-hydrogen) atoms. The molecular formula is C12H6Cl2F2O2S2. The molecule has 1 unspecified atom stereocenters. The quantitative estimate of drug-likeness (QED) is 0.766. The largest absolute Gasteiger partial charge is 0.293 e. The zero-order valence-electron chi connectivity index (χ0n) is 9.66. The Morgan fingerprint density at radius 2 is 1.90 bits per heavy atom. The zero-order chi connectivity index (χ0) is 14.9. The van der Waals surface area contributed by atoms with Gasteiger partial charge in [-0.05, 0) is 24.3 Å². The molecule has 0 radical (unpaired) electrons. The van der Waals surface area contributed by atoms with Gasteiger partial charge < -0.3 is 0 Å². The van der Waals surface area contributed by atoms with Gasteiger partial charge in [0.2, 0.25) is 0 Å². The van der Waals surface area contributed by atoms with E-state index < -0.39 is 28.2 Å². The van der Waals surface area contributed by atoms with E-state index in [1.54, 1.807) is 0 Å². The van der Waals surface area contributed by atoms with Gasteiger partial charge in [-0.3, -0.25) is 9.00 Å². The molecule has 106 valence electrons. The smallest absolute Gasteiger partial charge is 0.178 e. The van der Waals surface area contributed by atoms with Crippen LogP contribution in [-0.2, 0) is 10.8 Å². The van der Waals surface area contributed by atoms with Crippen molar-refractivity contribution in [2.75, 3.05) is 5.75 Å². The van der Waals surface area contributed by atoms with Crippen LogP contribution >= 0.6 is 34.5 Å². The third-order valence-electron chi connectivity index (χ3n) is 2.37. The maximum absolute atomic E-state index is 13.0. The average Bonchev–Trinajstić information content (AvgIpc) is 2.71. The monoisotopic (exact) mass is 354 g/mol. The number of benzene rings is 1. The van der Waals surface area contributed by atoms with Crippen LogP contribution in [0.1, 0.15) is 10.4 Å². The maximum Gasteiger partial charge on any atom is 0.178 e. The molecule has 0 bridgehead atoms. The number of rotatable bonds is 4. The fourth-order valence-corrected chi connectivity index (χ4v) is 3.94. The summed E-state index contributed by atoms with van der Waals surface area (Å²) >= 11 is 12.6. The summed E-state index contributed by atoms with van der Waals surface area (Å²) in [7, 11) is -1.78. The molecule has 1 heterocycles. The van der Waals surface area contributed by atoms with Gasteiger partial charge in [0.05, 0.1) is 20.9 Å². The normalized spacial score (nSPS) is 12.4. The lowest BCUT2D eigenvalue weighted by molar-refractivity contribution is 0.102. The van der Waals surface area contributed by atoms with E-state index in [0.29, 0.717) is 4.34 Å². The number of hydrogen-bond donors (Lipinski definition) is 0. The lowest BCUT2D eigenvalue weighted by Crippen LogP contribution is -2.11. The van der Waals surface area contributed by atoms with Crippen LogP contribution in [0.4, 0.5) is 8.78 Å². The Kier molecular flexibility index (Phi) is 4.90. The first-order chi connectivity index (χ1) is 9.38. The van der Waals surface area contributed by atoms with Gasteiger partial charge in [-0.1, -0.05) is 23.2 Å². The van der Waals surface area contributed by atoms with Gasteiger partial charge in [-0.25, -0.2) is 8.78 Å². The highest BCUT2D eigenvalue weighted by Gasteiger charge is 2.18. The van der Waals surface area contributed by atoms with E-state index in [2.05, 4.69) is 0 Å². The van der Waals surface area contributed by atoms with Crippen molar-refractivity contribution in [1.82, 2.24) is 0 Å². The molecule has 0 amide bonds. The standard InChI is InChI=1S/C12H6Cl2F2O2S2/c13-11-4-7(12(14)19-11)10(17)5-20(18)6-1-2-8(15)9(16)3-6/h1-4H,5H2. The number of halogens is 4. The molecule has 0 N–H and O–H groups in total. The summed E-state index contributed by atoms with van der Waals surface area (Å²) in [6, 6.07) is 4.23. The first-order valence-electron chi connectivity index (χ1n) is 5.20. The van der Waals surface area contributed by atoms with E-state index in [0.717, 1.165) is 23.5 Å². The number of ketones is 1. The van der Waals surface area contributed by atoms with Crippen molar-refractivity contribution in [2.24, 2.45) is 0 Å². The third-order valence-corrected chi connectivity index (χ3v) is 5.16. The summed E-state index contributed by atoms with van der Waals surface area (Å²) in [5, 5.41) is 0. The fourth-order valence-electron chi connectivity index (χ4n) is 1.43. The summed E-state index contributed by atoms with van der Waals surface area (Å²) in [6.45, 7) is 0. The number of thiophene rings is 1. The average molecular weight is 355 g/mol. The second-order valence-electron chi connectivity index (χ2n) is 3.73. The summed E-state index contributed by atoms with van der Waals surface area (Å²) in [5.41, 5.74) is 0.178. The van der Waals surface area contributed by atoms with Crippen LogP contribution in [0, 0.1) is 11.6 Å². The molecule has 1 atom stereocenters. The van der Waals surface area contributed by atoms with Gasteiger partial charge >= 0.3 is 0 Å². The van der Waals surface area contributed by atoms with E-state index in [1.165, 1.54) is 12.1 Å². The molecule has 2 nitrogen and oxygen atoms in total. The number of hydrogen-bond acceptors (Lipinski definition) is 3. The maximum atomic E-state index is 13.0. The highest BCUT2D eigenvalue weighted by molar-refractivity contribution is 7.85. The number of carbonyl (C=O) groups is 1. The molecular weight excluding hydrogens is 349 g/mol. The number of carbonyl (C=O) groups excluding carboxylic acids is 1. The zero-order valence-corrected chi connectivity index (χ0v) is 12.8. The Morgan fingerprint density at radius 1 is 1.20 bits per heavy atom. The van der Waals surface area contributed by atoms with Crippen molar-refractivity contribution < 1.29 is 17.8 Å². The second kappa shape index (κ2) is 6.30. The molecule has 1 aromatic carbocycles. The van der Waals surface area contributed by atoms with Crippen molar-refractivity contribution in [3.63, 3.8) is 0 Å².